The number of benzene rings is 2. The van der Waals surface area contributed by atoms with E-state index < -0.39 is 9.84 Å². The maximum Gasteiger partial charge on any atom is 0.208 e. The van der Waals surface area contributed by atoms with Crippen molar-refractivity contribution in [3.05, 3.63) is 90.9 Å². The lowest BCUT2D eigenvalue weighted by Gasteiger charge is -2.09. The summed E-state index contributed by atoms with van der Waals surface area (Å²) in [6.07, 6.45) is 5.11. The van der Waals surface area contributed by atoms with Gasteiger partial charge in [0.25, 0.3) is 0 Å². The molecule has 0 aliphatic rings. The molecule has 2 aromatic carbocycles. The minimum absolute atomic E-state index is 0.214. The Labute approximate surface area is 167 Å². The van der Waals surface area contributed by atoms with Crippen LogP contribution >= 0.6 is 0 Å². The van der Waals surface area contributed by atoms with Crippen molar-refractivity contribution >= 4 is 31.8 Å². The summed E-state index contributed by atoms with van der Waals surface area (Å²) < 4.78 is 28.2. The van der Waals surface area contributed by atoms with E-state index in [1.165, 1.54) is 0 Å². The highest BCUT2D eigenvalue weighted by Gasteiger charge is 2.21. The number of fused-ring (bicyclic) bond motifs is 2. The monoisotopic (exact) mass is 400 g/mol. The van der Waals surface area contributed by atoms with Crippen LogP contribution in [0.15, 0.2) is 95.1 Å². The van der Waals surface area contributed by atoms with Gasteiger partial charge in [-0.2, -0.15) is 5.10 Å². The van der Waals surface area contributed by atoms with Crippen molar-refractivity contribution in [2.45, 2.75) is 16.3 Å². The van der Waals surface area contributed by atoms with Crippen molar-refractivity contribution in [2.24, 2.45) is 0 Å². The van der Waals surface area contributed by atoms with Crippen LogP contribution in [0.2, 0.25) is 0 Å². The van der Waals surface area contributed by atoms with Gasteiger partial charge in [0.15, 0.2) is 5.65 Å². The van der Waals surface area contributed by atoms with Crippen molar-refractivity contribution in [1.29, 1.82) is 0 Å². The third-order valence-corrected chi connectivity index (χ3v) is 6.65. The SMILES string of the molecule is O=S(=O)(c1ccc(Cn2ncc3cccnc32)cc1)c1cccc2cccnc12. The third kappa shape index (κ3) is 3.05. The summed E-state index contributed by atoms with van der Waals surface area (Å²) in [6.45, 7) is 0.511. The van der Waals surface area contributed by atoms with Gasteiger partial charge >= 0.3 is 0 Å². The summed E-state index contributed by atoms with van der Waals surface area (Å²) >= 11 is 0. The van der Waals surface area contributed by atoms with Gasteiger partial charge in [0.1, 0.15) is 0 Å². The zero-order valence-corrected chi connectivity index (χ0v) is 16.1. The fourth-order valence-corrected chi connectivity index (χ4v) is 4.83. The maximum absolute atomic E-state index is 13.2. The fourth-order valence-electron chi connectivity index (χ4n) is 3.40. The van der Waals surface area contributed by atoms with Crippen LogP contribution in [0.4, 0.5) is 0 Å². The predicted molar refractivity (Wildman–Crippen MR) is 110 cm³/mol. The second-order valence-corrected chi connectivity index (χ2v) is 8.62. The Balaban J connectivity index is 1.49. The van der Waals surface area contributed by atoms with Gasteiger partial charge in [0.05, 0.1) is 28.0 Å². The van der Waals surface area contributed by atoms with Gasteiger partial charge < -0.3 is 0 Å². The van der Waals surface area contributed by atoms with Crippen LogP contribution in [-0.4, -0.2) is 28.2 Å². The number of nitrogens with zero attached hydrogens (tertiary/aromatic N) is 4. The molecule has 142 valence electrons. The standard InChI is InChI=1S/C22H16N4O2S/c27-29(28,20-7-1-4-17-5-2-12-23-21(17)20)19-10-8-16(9-11-19)15-26-22-18(14-25-26)6-3-13-24-22/h1-14H,15H2. The third-order valence-electron chi connectivity index (χ3n) is 4.85. The second kappa shape index (κ2) is 6.79. The Morgan fingerprint density at radius 2 is 1.52 bits per heavy atom. The van der Waals surface area contributed by atoms with E-state index in [1.807, 2.05) is 36.4 Å². The number of rotatable bonds is 4. The molecule has 0 spiro atoms. The Hall–Kier alpha value is -3.58. The summed E-state index contributed by atoms with van der Waals surface area (Å²) in [7, 11) is -3.68. The van der Waals surface area contributed by atoms with Crippen molar-refractivity contribution < 1.29 is 8.42 Å². The van der Waals surface area contributed by atoms with E-state index in [2.05, 4.69) is 15.1 Å². The van der Waals surface area contributed by atoms with E-state index >= 15 is 0 Å². The quantitative estimate of drug-likeness (QED) is 0.458. The molecule has 0 bridgehead atoms. The molecule has 0 atom stereocenters. The minimum Gasteiger partial charge on any atom is -0.255 e. The average molecular weight is 400 g/mol. The lowest BCUT2D eigenvalue weighted by Crippen LogP contribution is -2.05. The van der Waals surface area contributed by atoms with Crippen LogP contribution in [-0.2, 0) is 16.4 Å². The summed E-state index contributed by atoms with van der Waals surface area (Å²) in [5.74, 6) is 0. The number of hydrogen-bond acceptors (Lipinski definition) is 5. The molecule has 0 unspecified atom stereocenters. The highest BCUT2D eigenvalue weighted by Crippen LogP contribution is 2.27. The molecule has 5 aromatic rings. The highest BCUT2D eigenvalue weighted by molar-refractivity contribution is 7.91. The molecule has 0 aliphatic heterocycles. The number of hydrogen-bond donors (Lipinski definition) is 0. The lowest BCUT2D eigenvalue weighted by atomic mass is 10.2. The summed E-state index contributed by atoms with van der Waals surface area (Å²) in [4.78, 5) is 9.08. The van der Waals surface area contributed by atoms with Gasteiger partial charge in [-0.3, -0.25) is 4.98 Å². The molecular formula is C22H16N4O2S. The normalized spacial score (nSPS) is 11.9. The van der Waals surface area contributed by atoms with Crippen LogP contribution in [0.25, 0.3) is 21.9 Å². The first-order valence-electron chi connectivity index (χ1n) is 9.07. The molecule has 6 nitrogen and oxygen atoms in total. The summed E-state index contributed by atoms with van der Waals surface area (Å²) in [5, 5.41) is 6.13. The molecule has 0 aliphatic carbocycles. The average Bonchev–Trinajstić information content (AvgIpc) is 3.16. The first-order valence-corrected chi connectivity index (χ1v) is 10.6. The van der Waals surface area contributed by atoms with Crippen LogP contribution < -0.4 is 0 Å². The minimum atomic E-state index is -3.68. The summed E-state index contributed by atoms with van der Waals surface area (Å²) in [5.41, 5.74) is 2.22. The molecule has 0 amide bonds. The molecule has 0 saturated heterocycles. The Morgan fingerprint density at radius 1 is 0.793 bits per heavy atom. The van der Waals surface area contributed by atoms with Crippen LogP contribution in [0, 0.1) is 0 Å². The first kappa shape index (κ1) is 17.5. The van der Waals surface area contributed by atoms with Crippen molar-refractivity contribution in [3.8, 4) is 0 Å². The fraction of sp³-hybridized carbons (Fsp3) is 0.0455. The zero-order valence-electron chi connectivity index (χ0n) is 15.3. The maximum atomic E-state index is 13.2. The van der Waals surface area contributed by atoms with Crippen LogP contribution in [0.5, 0.6) is 0 Å². The van der Waals surface area contributed by atoms with Gasteiger partial charge in [-0.1, -0.05) is 30.3 Å². The lowest BCUT2D eigenvalue weighted by molar-refractivity contribution is 0.596. The first-order chi connectivity index (χ1) is 14.1. The van der Waals surface area contributed by atoms with E-state index in [4.69, 9.17) is 0 Å². The van der Waals surface area contributed by atoms with E-state index in [-0.39, 0.29) is 9.79 Å². The molecule has 0 N–H and O–H groups in total. The van der Waals surface area contributed by atoms with Gasteiger partial charge in [0, 0.05) is 23.2 Å². The molecule has 0 radical (unpaired) electrons. The molecule has 3 aromatic heterocycles. The van der Waals surface area contributed by atoms with Gasteiger partial charge in [-0.25, -0.2) is 18.1 Å². The molecule has 29 heavy (non-hydrogen) atoms. The van der Waals surface area contributed by atoms with Crippen molar-refractivity contribution in [2.75, 3.05) is 0 Å². The predicted octanol–water partition coefficient (Wildman–Crippen LogP) is 3.86. The highest BCUT2D eigenvalue weighted by atomic mass is 32.2. The zero-order chi connectivity index (χ0) is 19.8. The molecule has 0 saturated carbocycles. The molecule has 0 fully saturated rings. The number of pyridine rings is 2. The van der Waals surface area contributed by atoms with Crippen molar-refractivity contribution in [3.63, 3.8) is 0 Å². The van der Waals surface area contributed by atoms with E-state index in [0.29, 0.717) is 12.1 Å². The Kier molecular flexibility index (Phi) is 4.10. The number of aromatic nitrogens is 4. The number of sulfone groups is 1. The van der Waals surface area contributed by atoms with Gasteiger partial charge in [0.2, 0.25) is 9.84 Å². The van der Waals surface area contributed by atoms with Crippen LogP contribution in [0.1, 0.15) is 5.56 Å². The molecule has 5 rings (SSSR count). The molecule has 7 heteroatoms. The largest absolute Gasteiger partial charge is 0.255 e. The van der Waals surface area contributed by atoms with Crippen molar-refractivity contribution in [1.82, 2.24) is 19.7 Å². The summed E-state index contributed by atoms with van der Waals surface area (Å²) in [6, 6.07) is 19.5. The van der Waals surface area contributed by atoms with E-state index in [0.717, 1.165) is 22.0 Å². The van der Waals surface area contributed by atoms with E-state index in [9.17, 15) is 8.42 Å². The Bertz CT molecular complexity index is 1440. The molecular weight excluding hydrogens is 384 g/mol. The van der Waals surface area contributed by atoms with E-state index in [1.54, 1.807) is 53.6 Å². The Morgan fingerprint density at radius 3 is 2.34 bits per heavy atom. The second-order valence-electron chi connectivity index (χ2n) is 6.70. The number of para-hydroxylation sites is 1. The van der Waals surface area contributed by atoms with Gasteiger partial charge in [-0.05, 0) is 42.0 Å². The van der Waals surface area contributed by atoms with Gasteiger partial charge in [-0.15, -0.1) is 0 Å². The smallest absolute Gasteiger partial charge is 0.208 e. The molecule has 3 heterocycles. The van der Waals surface area contributed by atoms with Crippen LogP contribution in [0.3, 0.4) is 0 Å². The topological polar surface area (TPSA) is 77.7 Å².